The number of halogens is 1. The van der Waals surface area contributed by atoms with E-state index >= 15 is 0 Å². The van der Waals surface area contributed by atoms with E-state index in [9.17, 15) is 0 Å². The summed E-state index contributed by atoms with van der Waals surface area (Å²) in [6.45, 7) is 9.32. The SMILES string of the molecule is CCO[Si](OCC)OC(C)C(Br)CC. The molecule has 2 unspecified atom stereocenters. The molecule has 0 rings (SSSR count). The summed E-state index contributed by atoms with van der Waals surface area (Å²) in [6, 6.07) is 0. The minimum atomic E-state index is -1.53. The van der Waals surface area contributed by atoms with Crippen molar-refractivity contribution in [3.8, 4) is 0 Å². The summed E-state index contributed by atoms with van der Waals surface area (Å²) in [6.07, 6.45) is 1.17. The fourth-order valence-electron chi connectivity index (χ4n) is 0.903. The highest BCUT2D eigenvalue weighted by atomic mass is 79.9. The van der Waals surface area contributed by atoms with Crippen LogP contribution in [0.4, 0.5) is 0 Å². The highest BCUT2D eigenvalue weighted by molar-refractivity contribution is 9.09. The molecule has 3 nitrogen and oxygen atoms in total. The van der Waals surface area contributed by atoms with E-state index in [1.54, 1.807) is 0 Å². The van der Waals surface area contributed by atoms with Gasteiger partial charge in [0.15, 0.2) is 0 Å². The van der Waals surface area contributed by atoms with Crippen LogP contribution in [0, 0.1) is 0 Å². The molecule has 0 aliphatic rings. The van der Waals surface area contributed by atoms with Crippen molar-refractivity contribution < 1.29 is 13.3 Å². The molecule has 2 atom stereocenters. The van der Waals surface area contributed by atoms with Gasteiger partial charge in [0, 0.05) is 18.0 Å². The summed E-state index contributed by atoms with van der Waals surface area (Å²) in [4.78, 5) is 0.364. The predicted molar refractivity (Wildman–Crippen MR) is 62.6 cm³/mol. The topological polar surface area (TPSA) is 27.7 Å². The summed E-state index contributed by atoms with van der Waals surface area (Å²) in [5, 5.41) is 0. The molecule has 0 aliphatic carbocycles. The third kappa shape index (κ3) is 6.13. The maximum Gasteiger partial charge on any atom is 0.578 e. The van der Waals surface area contributed by atoms with Crippen molar-refractivity contribution in [3.05, 3.63) is 0 Å². The minimum Gasteiger partial charge on any atom is -0.371 e. The van der Waals surface area contributed by atoms with Gasteiger partial charge in [0.1, 0.15) is 0 Å². The zero-order valence-corrected chi connectivity index (χ0v) is 12.0. The average molecular weight is 284 g/mol. The van der Waals surface area contributed by atoms with Gasteiger partial charge in [0.25, 0.3) is 0 Å². The van der Waals surface area contributed by atoms with E-state index in [1.165, 1.54) is 0 Å². The van der Waals surface area contributed by atoms with Crippen LogP contribution in [-0.4, -0.2) is 33.7 Å². The van der Waals surface area contributed by atoms with Crippen LogP contribution >= 0.6 is 15.9 Å². The highest BCUT2D eigenvalue weighted by Gasteiger charge is 2.24. The molecule has 0 fully saturated rings. The monoisotopic (exact) mass is 283 g/mol. The molecular weight excluding hydrogens is 264 g/mol. The lowest BCUT2D eigenvalue weighted by Gasteiger charge is -2.21. The summed E-state index contributed by atoms with van der Waals surface area (Å²) in [7, 11) is -1.53. The maximum atomic E-state index is 5.69. The molecule has 0 spiro atoms. The largest absolute Gasteiger partial charge is 0.578 e. The Kier molecular flexibility index (Phi) is 9.22. The smallest absolute Gasteiger partial charge is 0.371 e. The van der Waals surface area contributed by atoms with Crippen LogP contribution in [0.5, 0.6) is 0 Å². The molecule has 0 bridgehead atoms. The van der Waals surface area contributed by atoms with Crippen LogP contribution in [0.3, 0.4) is 0 Å². The molecule has 0 aromatic carbocycles. The van der Waals surface area contributed by atoms with Crippen LogP contribution in [0.15, 0.2) is 0 Å². The van der Waals surface area contributed by atoms with E-state index in [2.05, 4.69) is 22.9 Å². The standard InChI is InChI=1S/C9H20BrO3Si/c1-5-9(10)8(4)13-14(11-6-2)12-7-3/h8-9H,5-7H2,1-4H3. The van der Waals surface area contributed by atoms with Gasteiger partial charge in [-0.25, -0.2) is 0 Å². The number of hydrogen-bond donors (Lipinski definition) is 0. The Hall–Kier alpha value is 0.577. The lowest BCUT2D eigenvalue weighted by atomic mass is 10.2. The fraction of sp³-hybridized carbons (Fsp3) is 1.00. The second-order valence-corrected chi connectivity index (χ2v) is 5.35. The van der Waals surface area contributed by atoms with Crippen LogP contribution in [0.2, 0.25) is 0 Å². The molecule has 0 saturated carbocycles. The fourth-order valence-corrected chi connectivity index (χ4v) is 2.37. The van der Waals surface area contributed by atoms with Crippen molar-refractivity contribution in [1.29, 1.82) is 0 Å². The number of rotatable bonds is 8. The molecule has 0 aliphatic heterocycles. The number of hydrogen-bond acceptors (Lipinski definition) is 3. The van der Waals surface area contributed by atoms with Gasteiger partial charge < -0.3 is 13.3 Å². The van der Waals surface area contributed by atoms with Crippen molar-refractivity contribution in [3.63, 3.8) is 0 Å². The van der Waals surface area contributed by atoms with E-state index in [0.29, 0.717) is 18.0 Å². The Morgan fingerprint density at radius 3 is 2.00 bits per heavy atom. The summed E-state index contributed by atoms with van der Waals surface area (Å²) >= 11 is 3.55. The molecule has 5 heteroatoms. The Labute approximate surface area is 97.2 Å². The second kappa shape index (κ2) is 8.85. The molecule has 0 aromatic heterocycles. The van der Waals surface area contributed by atoms with Crippen molar-refractivity contribution in [2.75, 3.05) is 13.2 Å². The zero-order valence-electron chi connectivity index (χ0n) is 9.38. The Bertz CT molecular complexity index is 131. The molecule has 0 heterocycles. The first-order valence-corrected chi connectivity index (χ1v) is 7.22. The molecule has 0 N–H and O–H groups in total. The lowest BCUT2D eigenvalue weighted by Crippen LogP contribution is -2.34. The van der Waals surface area contributed by atoms with Crippen molar-refractivity contribution in [2.45, 2.75) is 45.0 Å². The van der Waals surface area contributed by atoms with Gasteiger partial charge in [0.2, 0.25) is 0 Å². The van der Waals surface area contributed by atoms with Crippen LogP contribution < -0.4 is 0 Å². The van der Waals surface area contributed by atoms with Gasteiger partial charge in [-0.15, -0.1) is 0 Å². The highest BCUT2D eigenvalue weighted by Crippen LogP contribution is 2.14. The van der Waals surface area contributed by atoms with E-state index in [1.807, 2.05) is 20.8 Å². The summed E-state index contributed by atoms with van der Waals surface area (Å²) in [5.41, 5.74) is 0. The number of alkyl halides is 1. The first kappa shape index (κ1) is 14.6. The Balaban J connectivity index is 3.87. The second-order valence-electron chi connectivity index (χ2n) is 2.86. The van der Waals surface area contributed by atoms with Gasteiger partial charge >= 0.3 is 9.53 Å². The van der Waals surface area contributed by atoms with Gasteiger partial charge in [-0.2, -0.15) is 0 Å². The van der Waals surface area contributed by atoms with Gasteiger partial charge in [-0.3, -0.25) is 0 Å². The molecule has 1 radical (unpaired) electrons. The lowest BCUT2D eigenvalue weighted by molar-refractivity contribution is 0.0696. The zero-order chi connectivity index (χ0) is 11.0. The molecule has 0 amide bonds. The maximum absolute atomic E-state index is 5.69. The van der Waals surface area contributed by atoms with Crippen molar-refractivity contribution in [1.82, 2.24) is 0 Å². The third-order valence-electron chi connectivity index (χ3n) is 1.71. The van der Waals surface area contributed by atoms with E-state index in [-0.39, 0.29) is 6.10 Å². The first-order valence-electron chi connectivity index (χ1n) is 5.08. The van der Waals surface area contributed by atoms with E-state index < -0.39 is 9.53 Å². The predicted octanol–water partition coefficient (Wildman–Crippen LogP) is 2.62. The Morgan fingerprint density at radius 1 is 1.14 bits per heavy atom. The molecule has 85 valence electrons. The van der Waals surface area contributed by atoms with Gasteiger partial charge in [0.05, 0.1) is 6.10 Å². The normalized spacial score (nSPS) is 15.9. The Morgan fingerprint density at radius 2 is 1.64 bits per heavy atom. The van der Waals surface area contributed by atoms with Crippen molar-refractivity contribution in [2.24, 2.45) is 0 Å². The average Bonchev–Trinajstić information content (AvgIpc) is 2.17. The third-order valence-corrected chi connectivity index (χ3v) is 4.71. The van der Waals surface area contributed by atoms with Crippen LogP contribution in [0.25, 0.3) is 0 Å². The van der Waals surface area contributed by atoms with Crippen LogP contribution in [-0.2, 0) is 13.3 Å². The first-order chi connectivity index (χ1) is 6.65. The molecular formula is C9H20BrO3Si. The van der Waals surface area contributed by atoms with E-state index in [0.717, 1.165) is 6.42 Å². The molecule has 14 heavy (non-hydrogen) atoms. The quantitative estimate of drug-likeness (QED) is 0.506. The summed E-state index contributed by atoms with van der Waals surface area (Å²) in [5.74, 6) is 0. The van der Waals surface area contributed by atoms with Crippen molar-refractivity contribution >= 4 is 25.5 Å². The van der Waals surface area contributed by atoms with Gasteiger partial charge in [-0.05, 0) is 27.2 Å². The summed E-state index contributed by atoms with van der Waals surface area (Å²) < 4.78 is 16.5. The van der Waals surface area contributed by atoms with E-state index in [4.69, 9.17) is 13.3 Å². The minimum absolute atomic E-state index is 0.131. The molecule has 0 aromatic rings. The van der Waals surface area contributed by atoms with Gasteiger partial charge in [-0.1, -0.05) is 22.9 Å². The van der Waals surface area contributed by atoms with Crippen LogP contribution in [0.1, 0.15) is 34.1 Å². The molecule has 0 saturated heterocycles.